The van der Waals surface area contributed by atoms with Gasteiger partial charge in [-0.1, -0.05) is 46.9 Å². The molecule has 1 N–H and O–H groups in total. The molecule has 178 valence electrons. The van der Waals surface area contributed by atoms with Gasteiger partial charge in [-0.05, 0) is 78.0 Å². The number of hydrogen-bond acceptors (Lipinski definition) is 5. The van der Waals surface area contributed by atoms with E-state index in [0.29, 0.717) is 32.1 Å². The number of carbonyl (C=O) groups excluding carboxylic acids is 3. The van der Waals surface area contributed by atoms with Crippen LogP contribution in [0.5, 0.6) is 5.75 Å². The Morgan fingerprint density at radius 2 is 1.54 bits per heavy atom. The summed E-state index contributed by atoms with van der Waals surface area (Å²) in [5.74, 6) is -0.469. The van der Waals surface area contributed by atoms with Gasteiger partial charge in [-0.15, -0.1) is 0 Å². The van der Waals surface area contributed by atoms with Crippen molar-refractivity contribution in [1.29, 1.82) is 0 Å². The maximum atomic E-state index is 12.9. The molecule has 0 aliphatic carbocycles. The molecule has 1 fully saturated rings. The zero-order valence-corrected chi connectivity index (χ0v) is 21.0. The Balaban J connectivity index is 1.47. The molecule has 1 saturated heterocycles. The molecule has 35 heavy (non-hydrogen) atoms. The van der Waals surface area contributed by atoms with Crippen molar-refractivity contribution in [3.05, 3.63) is 97.8 Å². The predicted molar refractivity (Wildman–Crippen MR) is 140 cm³/mol. The topological polar surface area (TPSA) is 75.7 Å². The van der Waals surface area contributed by atoms with Crippen molar-refractivity contribution in [1.82, 2.24) is 4.90 Å². The van der Waals surface area contributed by atoms with Crippen molar-refractivity contribution >= 4 is 75.4 Å². The molecule has 0 aromatic heterocycles. The smallest absolute Gasteiger partial charge is 0.293 e. The van der Waals surface area contributed by atoms with Crippen molar-refractivity contribution < 1.29 is 19.1 Å². The van der Waals surface area contributed by atoms with Gasteiger partial charge in [0.05, 0.1) is 11.4 Å². The molecule has 0 atom stereocenters. The van der Waals surface area contributed by atoms with E-state index in [4.69, 9.17) is 39.5 Å². The second-order valence-electron chi connectivity index (χ2n) is 7.42. The summed E-state index contributed by atoms with van der Waals surface area (Å²) in [5.41, 5.74) is 1.82. The minimum Gasteiger partial charge on any atom is -0.483 e. The highest BCUT2D eigenvalue weighted by Gasteiger charge is 2.35. The number of hydrogen-bond donors (Lipinski definition) is 1. The normalized spacial score (nSPS) is 14.5. The highest BCUT2D eigenvalue weighted by Crippen LogP contribution is 2.35. The molecule has 1 heterocycles. The number of nitrogens with zero attached hydrogens (tertiary/aromatic N) is 1. The van der Waals surface area contributed by atoms with Crippen LogP contribution < -0.4 is 10.1 Å². The number of carbonyl (C=O) groups is 3. The van der Waals surface area contributed by atoms with E-state index in [1.165, 1.54) is 6.08 Å². The minimum absolute atomic E-state index is 0.128. The fraction of sp³-hybridized carbons (Fsp3) is 0.0800. The first kappa shape index (κ1) is 25.1. The largest absolute Gasteiger partial charge is 0.483 e. The zero-order valence-electron chi connectivity index (χ0n) is 18.0. The summed E-state index contributed by atoms with van der Waals surface area (Å²) in [5, 5.41) is 3.86. The lowest BCUT2D eigenvalue weighted by Crippen LogP contribution is -2.27. The summed E-state index contributed by atoms with van der Waals surface area (Å²) in [6.07, 6.45) is 1.53. The summed E-state index contributed by atoms with van der Waals surface area (Å²) < 4.78 is 5.68. The van der Waals surface area contributed by atoms with Crippen molar-refractivity contribution in [3.63, 3.8) is 0 Å². The molecule has 3 amide bonds. The van der Waals surface area contributed by atoms with E-state index < -0.39 is 5.91 Å². The molecule has 0 unspecified atom stereocenters. The molecule has 1 aliphatic heterocycles. The van der Waals surface area contributed by atoms with Crippen LogP contribution in [-0.4, -0.2) is 28.6 Å². The summed E-state index contributed by atoms with van der Waals surface area (Å²) in [6, 6.07) is 18.4. The first-order valence-corrected chi connectivity index (χ1v) is 12.2. The fourth-order valence-electron chi connectivity index (χ4n) is 3.19. The lowest BCUT2D eigenvalue weighted by atomic mass is 10.1. The number of ether oxygens (including phenoxy) is 1. The first-order valence-electron chi connectivity index (χ1n) is 10.3. The number of thioether (sulfide) groups is 1. The highest BCUT2D eigenvalue weighted by molar-refractivity contribution is 8.18. The molecular formula is C25H17Cl3N2O4S. The monoisotopic (exact) mass is 546 g/mol. The summed E-state index contributed by atoms with van der Waals surface area (Å²) in [4.78, 5) is 39.1. The fourth-order valence-corrected chi connectivity index (χ4v) is 4.45. The van der Waals surface area contributed by atoms with Gasteiger partial charge in [0, 0.05) is 26.3 Å². The van der Waals surface area contributed by atoms with Gasteiger partial charge >= 0.3 is 0 Å². The van der Waals surface area contributed by atoms with E-state index in [2.05, 4.69) is 5.32 Å². The van der Waals surface area contributed by atoms with E-state index in [9.17, 15) is 14.4 Å². The maximum Gasteiger partial charge on any atom is 0.293 e. The second kappa shape index (κ2) is 11.2. The number of nitrogens with one attached hydrogen (secondary N) is 1. The molecule has 0 spiro atoms. The van der Waals surface area contributed by atoms with Crippen LogP contribution in [-0.2, 0) is 16.1 Å². The molecular weight excluding hydrogens is 531 g/mol. The Labute approximate surface area is 220 Å². The average Bonchev–Trinajstić information content (AvgIpc) is 3.09. The second-order valence-corrected chi connectivity index (χ2v) is 9.72. The number of anilines is 1. The van der Waals surface area contributed by atoms with Gasteiger partial charge in [0.1, 0.15) is 5.75 Å². The number of benzene rings is 3. The Kier molecular flexibility index (Phi) is 8.03. The van der Waals surface area contributed by atoms with E-state index >= 15 is 0 Å². The molecule has 6 nitrogen and oxygen atoms in total. The SMILES string of the molecule is O=C(COc1ccc(Cl)cc1/C=C1\SC(=O)N(Cc2ccc(Cl)cc2)C1=O)Nc1ccc(Cl)cc1. The first-order chi connectivity index (χ1) is 16.8. The van der Waals surface area contributed by atoms with Crippen molar-refractivity contribution in [2.24, 2.45) is 0 Å². The van der Waals surface area contributed by atoms with E-state index in [-0.39, 0.29) is 29.2 Å². The predicted octanol–water partition coefficient (Wildman–Crippen LogP) is 6.90. The zero-order chi connectivity index (χ0) is 24.9. The highest BCUT2D eigenvalue weighted by atomic mass is 35.5. The van der Waals surface area contributed by atoms with Crippen LogP contribution in [0.1, 0.15) is 11.1 Å². The van der Waals surface area contributed by atoms with Crippen LogP contribution in [0, 0.1) is 0 Å². The lowest BCUT2D eigenvalue weighted by molar-refractivity contribution is -0.123. The van der Waals surface area contributed by atoms with Crippen molar-refractivity contribution in [2.45, 2.75) is 6.54 Å². The van der Waals surface area contributed by atoms with E-state index in [1.807, 2.05) is 0 Å². The molecule has 10 heteroatoms. The van der Waals surface area contributed by atoms with Gasteiger partial charge in [-0.2, -0.15) is 0 Å². The van der Waals surface area contributed by atoms with Gasteiger partial charge in [0.2, 0.25) is 0 Å². The summed E-state index contributed by atoms with van der Waals surface area (Å²) in [6.45, 7) is -0.147. The molecule has 0 bridgehead atoms. The van der Waals surface area contributed by atoms with Crippen LogP contribution in [0.3, 0.4) is 0 Å². The Morgan fingerprint density at radius 1 is 0.914 bits per heavy atom. The number of halogens is 3. The Hall–Kier alpha value is -2.97. The third-order valence-electron chi connectivity index (χ3n) is 4.87. The molecule has 4 rings (SSSR count). The van der Waals surface area contributed by atoms with Crippen LogP contribution >= 0.6 is 46.6 Å². The lowest BCUT2D eigenvalue weighted by Gasteiger charge is -2.12. The number of rotatable bonds is 7. The van der Waals surface area contributed by atoms with Gasteiger partial charge in [-0.25, -0.2) is 0 Å². The maximum absolute atomic E-state index is 12.9. The van der Waals surface area contributed by atoms with Gasteiger partial charge in [0.25, 0.3) is 17.1 Å². The van der Waals surface area contributed by atoms with E-state index in [1.54, 1.807) is 66.7 Å². The summed E-state index contributed by atoms with van der Waals surface area (Å²) in [7, 11) is 0. The molecule has 3 aromatic carbocycles. The number of amides is 3. The number of imide groups is 1. The third-order valence-corrected chi connectivity index (χ3v) is 6.52. The molecule has 3 aromatic rings. The minimum atomic E-state index is -0.429. The molecule has 0 saturated carbocycles. The van der Waals surface area contributed by atoms with Crippen molar-refractivity contribution in [3.8, 4) is 5.75 Å². The van der Waals surface area contributed by atoms with Crippen LogP contribution in [0.25, 0.3) is 6.08 Å². The van der Waals surface area contributed by atoms with Gasteiger partial charge < -0.3 is 10.1 Å². The summed E-state index contributed by atoms with van der Waals surface area (Å²) >= 11 is 18.7. The average molecular weight is 548 g/mol. The standard InChI is InChI=1S/C25H17Cl3N2O4S/c26-17-3-1-15(2-4-17)13-30-24(32)22(35-25(30)33)12-16-11-19(28)7-10-21(16)34-14-23(31)29-20-8-5-18(27)6-9-20/h1-12H,13-14H2,(H,29,31)/b22-12-. The van der Waals surface area contributed by atoms with Crippen LogP contribution in [0.15, 0.2) is 71.6 Å². The quantitative estimate of drug-likeness (QED) is 0.326. The Bertz CT molecular complexity index is 1310. The Morgan fingerprint density at radius 3 is 2.23 bits per heavy atom. The van der Waals surface area contributed by atoms with Crippen LogP contribution in [0.2, 0.25) is 15.1 Å². The third kappa shape index (κ3) is 6.58. The van der Waals surface area contributed by atoms with Gasteiger partial charge in [-0.3, -0.25) is 19.3 Å². The molecule has 0 radical (unpaired) electrons. The van der Waals surface area contributed by atoms with Crippen molar-refractivity contribution in [2.75, 3.05) is 11.9 Å². The van der Waals surface area contributed by atoms with Gasteiger partial charge in [0.15, 0.2) is 6.61 Å². The van der Waals surface area contributed by atoms with Crippen LogP contribution in [0.4, 0.5) is 10.5 Å². The van der Waals surface area contributed by atoms with E-state index in [0.717, 1.165) is 22.2 Å². The molecule has 1 aliphatic rings.